The second kappa shape index (κ2) is 7.86. The molecule has 0 saturated carbocycles. The molecule has 1 fully saturated rings. The first kappa shape index (κ1) is 19.2. The Morgan fingerprint density at radius 3 is 2.76 bits per heavy atom. The van der Waals surface area contributed by atoms with Crippen molar-refractivity contribution in [3.63, 3.8) is 0 Å². The van der Waals surface area contributed by atoms with E-state index in [9.17, 15) is 22.8 Å². The van der Waals surface area contributed by atoms with E-state index in [2.05, 4.69) is 0 Å². The number of carbonyl (C=O) groups is 2. The standard InChI is InChI=1S/C17H20F3NO4/c1-11(7-12-3-2-4-13(8-12)17(18,19)20)16(24)21-5-6-25-14(10-21)9-15(22)23/h2-4,8,11,14H,5-7,9-10H2,1H3,(H,22,23)/t11-,14+/m0/s1. The van der Waals surface area contributed by atoms with Crippen molar-refractivity contribution < 1.29 is 32.6 Å². The monoisotopic (exact) mass is 359 g/mol. The molecular formula is C17H20F3NO4. The summed E-state index contributed by atoms with van der Waals surface area (Å²) in [5, 5.41) is 8.81. The van der Waals surface area contributed by atoms with Crippen molar-refractivity contribution in [3.8, 4) is 0 Å². The van der Waals surface area contributed by atoms with Gasteiger partial charge in [0.2, 0.25) is 5.91 Å². The van der Waals surface area contributed by atoms with Gasteiger partial charge in [0.15, 0.2) is 0 Å². The fourth-order valence-electron chi connectivity index (χ4n) is 2.86. The molecule has 1 aliphatic heterocycles. The number of rotatable bonds is 5. The highest BCUT2D eigenvalue weighted by Gasteiger charge is 2.31. The van der Waals surface area contributed by atoms with E-state index in [0.29, 0.717) is 12.1 Å². The minimum Gasteiger partial charge on any atom is -0.481 e. The zero-order valence-electron chi connectivity index (χ0n) is 13.8. The van der Waals surface area contributed by atoms with Crippen molar-refractivity contribution in [1.82, 2.24) is 4.90 Å². The van der Waals surface area contributed by atoms with Crippen molar-refractivity contribution in [2.75, 3.05) is 19.7 Å². The lowest BCUT2D eigenvalue weighted by atomic mass is 9.97. The van der Waals surface area contributed by atoms with Gasteiger partial charge in [-0.15, -0.1) is 0 Å². The number of carboxylic acids is 1. The molecule has 0 unspecified atom stereocenters. The molecule has 2 atom stereocenters. The van der Waals surface area contributed by atoms with Gasteiger partial charge in [-0.25, -0.2) is 0 Å². The largest absolute Gasteiger partial charge is 0.481 e. The lowest BCUT2D eigenvalue weighted by Crippen LogP contribution is -2.48. The molecule has 1 aromatic carbocycles. The fourth-order valence-corrected chi connectivity index (χ4v) is 2.86. The number of halogens is 3. The first-order chi connectivity index (χ1) is 11.7. The van der Waals surface area contributed by atoms with E-state index in [1.54, 1.807) is 13.0 Å². The van der Waals surface area contributed by atoms with Crippen LogP contribution in [0.2, 0.25) is 0 Å². The third kappa shape index (κ3) is 5.45. The number of aliphatic carboxylic acids is 1. The van der Waals surface area contributed by atoms with Gasteiger partial charge in [-0.05, 0) is 18.1 Å². The number of ether oxygens (including phenoxy) is 1. The summed E-state index contributed by atoms with van der Waals surface area (Å²) in [7, 11) is 0. The summed E-state index contributed by atoms with van der Waals surface area (Å²) in [6, 6.07) is 4.93. The molecule has 1 N–H and O–H groups in total. The Bertz CT molecular complexity index is 633. The number of carboxylic acid groups (broad SMARTS) is 1. The molecule has 0 aromatic heterocycles. The number of carbonyl (C=O) groups excluding carboxylic acids is 1. The zero-order chi connectivity index (χ0) is 18.6. The van der Waals surface area contributed by atoms with Crippen LogP contribution in [0.25, 0.3) is 0 Å². The highest BCUT2D eigenvalue weighted by molar-refractivity contribution is 5.79. The number of amides is 1. The van der Waals surface area contributed by atoms with E-state index >= 15 is 0 Å². The maximum Gasteiger partial charge on any atom is 0.416 e. The number of morpholine rings is 1. The smallest absolute Gasteiger partial charge is 0.416 e. The number of hydrogen-bond acceptors (Lipinski definition) is 3. The molecule has 0 bridgehead atoms. The maximum atomic E-state index is 12.8. The summed E-state index contributed by atoms with van der Waals surface area (Å²) < 4.78 is 43.6. The first-order valence-corrected chi connectivity index (χ1v) is 7.95. The summed E-state index contributed by atoms with van der Waals surface area (Å²) in [6.07, 6.45) is -4.98. The SMILES string of the molecule is C[C@@H](Cc1cccc(C(F)(F)F)c1)C(=O)N1CCO[C@H](CC(=O)O)C1. The van der Waals surface area contributed by atoms with E-state index in [4.69, 9.17) is 9.84 Å². The molecule has 1 saturated heterocycles. The average Bonchev–Trinajstić information content (AvgIpc) is 2.53. The van der Waals surface area contributed by atoms with E-state index in [1.807, 2.05) is 0 Å². The maximum absolute atomic E-state index is 12.8. The Kier molecular flexibility index (Phi) is 6.05. The topological polar surface area (TPSA) is 66.8 Å². The summed E-state index contributed by atoms with van der Waals surface area (Å²) in [6.45, 7) is 2.43. The molecule has 5 nitrogen and oxygen atoms in total. The average molecular weight is 359 g/mol. The van der Waals surface area contributed by atoms with Crippen molar-refractivity contribution in [1.29, 1.82) is 0 Å². The zero-order valence-corrected chi connectivity index (χ0v) is 13.8. The fraction of sp³-hybridized carbons (Fsp3) is 0.529. The van der Waals surface area contributed by atoms with Crippen LogP contribution >= 0.6 is 0 Å². The summed E-state index contributed by atoms with van der Waals surface area (Å²) in [5.74, 6) is -1.72. The van der Waals surface area contributed by atoms with Crippen molar-refractivity contribution in [3.05, 3.63) is 35.4 Å². The van der Waals surface area contributed by atoms with E-state index in [1.165, 1.54) is 11.0 Å². The lowest BCUT2D eigenvalue weighted by Gasteiger charge is -2.34. The van der Waals surface area contributed by atoms with Crippen LogP contribution in [-0.4, -0.2) is 47.7 Å². The summed E-state index contributed by atoms with van der Waals surface area (Å²) in [5.41, 5.74) is -0.302. The molecule has 138 valence electrons. The third-order valence-electron chi connectivity index (χ3n) is 4.07. The highest BCUT2D eigenvalue weighted by atomic mass is 19.4. The van der Waals surface area contributed by atoms with Gasteiger partial charge in [0.1, 0.15) is 0 Å². The third-order valence-corrected chi connectivity index (χ3v) is 4.07. The molecule has 2 rings (SSSR count). The van der Waals surface area contributed by atoms with E-state index in [0.717, 1.165) is 12.1 Å². The second-order valence-electron chi connectivity index (χ2n) is 6.18. The number of hydrogen-bond donors (Lipinski definition) is 1. The van der Waals surface area contributed by atoms with Crippen molar-refractivity contribution in [2.45, 2.75) is 32.0 Å². The number of alkyl halides is 3. The van der Waals surface area contributed by atoms with Crippen LogP contribution in [0.3, 0.4) is 0 Å². The highest BCUT2D eigenvalue weighted by Crippen LogP contribution is 2.30. The van der Waals surface area contributed by atoms with Gasteiger partial charge in [-0.1, -0.05) is 25.1 Å². The van der Waals surface area contributed by atoms with E-state index < -0.39 is 29.7 Å². The Labute approximate surface area is 143 Å². The molecule has 0 radical (unpaired) electrons. The number of benzene rings is 1. The van der Waals surface area contributed by atoms with Gasteiger partial charge in [0, 0.05) is 19.0 Å². The molecule has 0 spiro atoms. The first-order valence-electron chi connectivity index (χ1n) is 7.95. The van der Waals surface area contributed by atoms with E-state index in [-0.39, 0.29) is 31.9 Å². The van der Waals surface area contributed by atoms with Crippen LogP contribution in [-0.2, 0) is 26.9 Å². The Morgan fingerprint density at radius 1 is 1.40 bits per heavy atom. The van der Waals surface area contributed by atoms with Crippen molar-refractivity contribution in [2.24, 2.45) is 5.92 Å². The summed E-state index contributed by atoms with van der Waals surface area (Å²) >= 11 is 0. The Hall–Kier alpha value is -2.09. The quantitative estimate of drug-likeness (QED) is 0.878. The van der Waals surface area contributed by atoms with Crippen LogP contribution in [0.5, 0.6) is 0 Å². The van der Waals surface area contributed by atoms with Crippen LogP contribution in [0.4, 0.5) is 13.2 Å². The molecular weight excluding hydrogens is 339 g/mol. The van der Waals surface area contributed by atoms with Gasteiger partial charge >= 0.3 is 12.1 Å². The normalized spacial score (nSPS) is 19.5. The van der Waals surface area contributed by atoms with Crippen LogP contribution < -0.4 is 0 Å². The van der Waals surface area contributed by atoms with Crippen LogP contribution in [0.15, 0.2) is 24.3 Å². The molecule has 1 heterocycles. The molecule has 1 amide bonds. The van der Waals surface area contributed by atoms with Gasteiger partial charge < -0.3 is 14.7 Å². The minimum atomic E-state index is -4.42. The molecule has 0 aliphatic carbocycles. The summed E-state index contributed by atoms with van der Waals surface area (Å²) in [4.78, 5) is 24.8. The van der Waals surface area contributed by atoms with Gasteiger partial charge in [-0.3, -0.25) is 9.59 Å². The Morgan fingerprint density at radius 2 is 2.12 bits per heavy atom. The predicted octanol–water partition coefficient (Wildman–Crippen LogP) is 2.59. The molecule has 1 aromatic rings. The predicted molar refractivity (Wildman–Crippen MR) is 82.9 cm³/mol. The van der Waals surface area contributed by atoms with Crippen LogP contribution in [0, 0.1) is 5.92 Å². The van der Waals surface area contributed by atoms with Gasteiger partial charge in [-0.2, -0.15) is 13.2 Å². The molecule has 25 heavy (non-hydrogen) atoms. The molecule has 1 aliphatic rings. The minimum absolute atomic E-state index is 0.179. The van der Waals surface area contributed by atoms with Crippen LogP contribution in [0.1, 0.15) is 24.5 Å². The lowest BCUT2D eigenvalue weighted by molar-refractivity contribution is -0.149. The van der Waals surface area contributed by atoms with Gasteiger partial charge in [0.05, 0.1) is 24.7 Å². The Balaban J connectivity index is 1.99. The second-order valence-corrected chi connectivity index (χ2v) is 6.18. The van der Waals surface area contributed by atoms with Crippen molar-refractivity contribution >= 4 is 11.9 Å². The molecule has 8 heteroatoms. The van der Waals surface area contributed by atoms with Gasteiger partial charge in [0.25, 0.3) is 0 Å². The number of nitrogens with zero attached hydrogens (tertiary/aromatic N) is 1.